The van der Waals surface area contributed by atoms with Gasteiger partial charge in [-0.1, -0.05) is 30.3 Å². The first-order valence-electron chi connectivity index (χ1n) is 7.71. The van der Waals surface area contributed by atoms with E-state index in [1.54, 1.807) is 4.90 Å². The van der Waals surface area contributed by atoms with Crippen LogP contribution in [-0.2, 0) is 20.9 Å². The number of ether oxygens (including phenoxy) is 2. The van der Waals surface area contributed by atoms with Gasteiger partial charge in [-0.3, -0.25) is 4.79 Å². The summed E-state index contributed by atoms with van der Waals surface area (Å²) in [6, 6.07) is 9.65. The number of carbonyl (C=O) groups is 2. The molecule has 0 spiro atoms. The molecule has 0 N–H and O–H groups in total. The minimum absolute atomic E-state index is 0.191. The van der Waals surface area contributed by atoms with Crippen LogP contribution >= 0.6 is 0 Å². The number of rotatable bonds is 5. The molecule has 1 heterocycles. The number of esters is 1. The molecule has 0 bridgehead atoms. The maximum atomic E-state index is 12.1. The van der Waals surface area contributed by atoms with E-state index >= 15 is 0 Å². The minimum atomic E-state index is -0.272. The molecule has 1 aromatic carbocycles. The number of hydrogen-bond acceptors (Lipinski definition) is 4. The molecule has 120 valence electrons. The predicted molar refractivity (Wildman–Crippen MR) is 82.2 cm³/mol. The number of carbonyl (C=O) groups excluding carboxylic acids is 2. The molecule has 1 aliphatic rings. The molecular formula is C17H23NO4. The van der Waals surface area contributed by atoms with Crippen molar-refractivity contribution >= 4 is 12.1 Å². The van der Waals surface area contributed by atoms with Crippen LogP contribution < -0.4 is 0 Å². The van der Waals surface area contributed by atoms with Crippen LogP contribution in [0.5, 0.6) is 0 Å². The number of likely N-dealkylation sites (tertiary alicyclic amines) is 1. The molecule has 1 atom stereocenters. The van der Waals surface area contributed by atoms with E-state index < -0.39 is 0 Å². The van der Waals surface area contributed by atoms with Gasteiger partial charge in [0.15, 0.2) is 0 Å². The standard InChI is InChI=1S/C17H23NO4/c1-21-16(19)10-9-14-8-5-11-18(12-14)17(20)22-13-15-6-3-2-4-7-15/h2-4,6-7,14H,5,8-13H2,1H3. The van der Waals surface area contributed by atoms with Crippen LogP contribution in [0.3, 0.4) is 0 Å². The number of benzene rings is 1. The van der Waals surface area contributed by atoms with E-state index in [0.717, 1.165) is 31.4 Å². The lowest BCUT2D eigenvalue weighted by Crippen LogP contribution is -2.40. The molecule has 2 rings (SSSR count). The number of amides is 1. The average Bonchev–Trinajstić information content (AvgIpc) is 2.58. The second kappa shape index (κ2) is 8.41. The molecule has 0 aromatic heterocycles. The van der Waals surface area contributed by atoms with Gasteiger partial charge < -0.3 is 14.4 Å². The lowest BCUT2D eigenvalue weighted by atomic mass is 9.94. The second-order valence-electron chi connectivity index (χ2n) is 5.61. The highest BCUT2D eigenvalue weighted by molar-refractivity contribution is 5.69. The Bertz CT molecular complexity index is 489. The van der Waals surface area contributed by atoms with E-state index in [4.69, 9.17) is 4.74 Å². The molecule has 1 saturated heterocycles. The molecule has 1 aliphatic heterocycles. The highest BCUT2D eigenvalue weighted by Gasteiger charge is 2.25. The molecule has 5 nitrogen and oxygen atoms in total. The quantitative estimate of drug-likeness (QED) is 0.785. The molecular weight excluding hydrogens is 282 g/mol. The van der Waals surface area contributed by atoms with Crippen LogP contribution in [0.25, 0.3) is 0 Å². The van der Waals surface area contributed by atoms with Crippen molar-refractivity contribution in [1.29, 1.82) is 0 Å². The Morgan fingerprint density at radius 1 is 1.27 bits per heavy atom. The summed E-state index contributed by atoms with van der Waals surface area (Å²) in [5, 5.41) is 0. The van der Waals surface area contributed by atoms with Crippen molar-refractivity contribution in [2.45, 2.75) is 32.3 Å². The third-order valence-electron chi connectivity index (χ3n) is 3.97. The summed E-state index contributed by atoms with van der Waals surface area (Å²) in [6.45, 7) is 1.68. The summed E-state index contributed by atoms with van der Waals surface area (Å²) >= 11 is 0. The van der Waals surface area contributed by atoms with Gasteiger partial charge in [0.25, 0.3) is 0 Å². The lowest BCUT2D eigenvalue weighted by Gasteiger charge is -2.31. The van der Waals surface area contributed by atoms with Gasteiger partial charge in [0.2, 0.25) is 0 Å². The number of hydrogen-bond donors (Lipinski definition) is 0. The average molecular weight is 305 g/mol. The largest absolute Gasteiger partial charge is 0.469 e. The Morgan fingerprint density at radius 2 is 2.05 bits per heavy atom. The first-order valence-corrected chi connectivity index (χ1v) is 7.71. The second-order valence-corrected chi connectivity index (χ2v) is 5.61. The van der Waals surface area contributed by atoms with E-state index in [1.165, 1.54) is 7.11 Å². The van der Waals surface area contributed by atoms with Gasteiger partial charge in [-0.2, -0.15) is 0 Å². The number of methoxy groups -OCH3 is 1. The minimum Gasteiger partial charge on any atom is -0.469 e. The van der Waals surface area contributed by atoms with Gasteiger partial charge in [-0.25, -0.2) is 4.79 Å². The maximum absolute atomic E-state index is 12.1. The Morgan fingerprint density at radius 3 is 2.77 bits per heavy atom. The van der Waals surface area contributed by atoms with Gasteiger partial charge in [0, 0.05) is 19.5 Å². The van der Waals surface area contributed by atoms with Gasteiger partial charge in [0.05, 0.1) is 7.11 Å². The van der Waals surface area contributed by atoms with Crippen molar-refractivity contribution in [2.24, 2.45) is 5.92 Å². The summed E-state index contributed by atoms with van der Waals surface area (Å²) in [7, 11) is 1.40. The van der Waals surface area contributed by atoms with Crippen LogP contribution in [0.1, 0.15) is 31.2 Å². The first kappa shape index (κ1) is 16.3. The zero-order valence-corrected chi connectivity index (χ0v) is 13.0. The van der Waals surface area contributed by atoms with Crippen LogP contribution in [0.2, 0.25) is 0 Å². The maximum Gasteiger partial charge on any atom is 0.410 e. The SMILES string of the molecule is COC(=O)CCC1CCCN(C(=O)OCc2ccccc2)C1. The highest BCUT2D eigenvalue weighted by atomic mass is 16.6. The van der Waals surface area contributed by atoms with Crippen LogP contribution in [0.4, 0.5) is 4.79 Å². The van der Waals surface area contributed by atoms with E-state index in [1.807, 2.05) is 30.3 Å². The van der Waals surface area contributed by atoms with Crippen molar-refractivity contribution in [1.82, 2.24) is 4.90 Å². The topological polar surface area (TPSA) is 55.8 Å². The number of piperidine rings is 1. The molecule has 0 saturated carbocycles. The first-order chi connectivity index (χ1) is 10.7. The third kappa shape index (κ3) is 5.06. The van der Waals surface area contributed by atoms with E-state index in [2.05, 4.69) is 4.74 Å². The molecule has 0 aliphatic carbocycles. The summed E-state index contributed by atoms with van der Waals surface area (Å²) in [5.41, 5.74) is 0.982. The molecule has 1 amide bonds. The Balaban J connectivity index is 1.76. The summed E-state index contributed by atoms with van der Waals surface area (Å²) in [5.74, 6) is 0.154. The van der Waals surface area contributed by atoms with Crippen molar-refractivity contribution in [2.75, 3.05) is 20.2 Å². The van der Waals surface area contributed by atoms with Gasteiger partial charge in [-0.15, -0.1) is 0 Å². The van der Waals surface area contributed by atoms with Crippen LogP contribution in [0.15, 0.2) is 30.3 Å². The zero-order chi connectivity index (χ0) is 15.8. The lowest BCUT2D eigenvalue weighted by molar-refractivity contribution is -0.141. The van der Waals surface area contributed by atoms with Gasteiger partial charge in [-0.05, 0) is 30.7 Å². The highest BCUT2D eigenvalue weighted by Crippen LogP contribution is 2.22. The Kier molecular flexibility index (Phi) is 6.25. The zero-order valence-electron chi connectivity index (χ0n) is 13.0. The summed E-state index contributed by atoms with van der Waals surface area (Å²) in [6.07, 6.45) is 2.89. The van der Waals surface area contributed by atoms with Crippen molar-refractivity contribution < 1.29 is 19.1 Å². The van der Waals surface area contributed by atoms with E-state index in [-0.39, 0.29) is 12.1 Å². The summed E-state index contributed by atoms with van der Waals surface area (Å²) in [4.78, 5) is 25.1. The number of nitrogens with zero attached hydrogens (tertiary/aromatic N) is 1. The van der Waals surface area contributed by atoms with E-state index in [0.29, 0.717) is 25.5 Å². The molecule has 22 heavy (non-hydrogen) atoms. The smallest absolute Gasteiger partial charge is 0.410 e. The molecule has 1 aromatic rings. The summed E-state index contributed by atoms with van der Waals surface area (Å²) < 4.78 is 10.0. The van der Waals surface area contributed by atoms with Crippen molar-refractivity contribution in [3.63, 3.8) is 0 Å². The molecule has 1 fully saturated rings. The van der Waals surface area contributed by atoms with Gasteiger partial charge >= 0.3 is 12.1 Å². The normalized spacial score (nSPS) is 17.9. The fourth-order valence-corrected chi connectivity index (χ4v) is 2.70. The van der Waals surface area contributed by atoms with Gasteiger partial charge in [0.1, 0.15) is 6.61 Å². The predicted octanol–water partition coefficient (Wildman–Crippen LogP) is 2.99. The molecule has 1 unspecified atom stereocenters. The molecule has 0 radical (unpaired) electrons. The van der Waals surface area contributed by atoms with Crippen LogP contribution in [0, 0.1) is 5.92 Å². The van der Waals surface area contributed by atoms with Crippen molar-refractivity contribution in [3.05, 3.63) is 35.9 Å². The molecule has 5 heteroatoms. The van der Waals surface area contributed by atoms with E-state index in [9.17, 15) is 9.59 Å². The Hall–Kier alpha value is -2.04. The third-order valence-corrected chi connectivity index (χ3v) is 3.97. The van der Waals surface area contributed by atoms with Crippen molar-refractivity contribution in [3.8, 4) is 0 Å². The Labute approximate surface area is 131 Å². The fraction of sp³-hybridized carbons (Fsp3) is 0.529. The monoisotopic (exact) mass is 305 g/mol. The van der Waals surface area contributed by atoms with Crippen LogP contribution in [-0.4, -0.2) is 37.2 Å². The fourth-order valence-electron chi connectivity index (χ4n) is 2.70.